The van der Waals surface area contributed by atoms with E-state index in [1.807, 2.05) is 42.5 Å². The van der Waals surface area contributed by atoms with E-state index >= 15 is 0 Å². The molecule has 0 aromatic heterocycles. The highest BCUT2D eigenvalue weighted by Gasteiger charge is 2.36. The fourth-order valence-electron chi connectivity index (χ4n) is 9.23. The molecule has 1 heterocycles. The molecule has 4 heteroatoms. The van der Waals surface area contributed by atoms with Gasteiger partial charge in [0.15, 0.2) is 5.84 Å². The Morgan fingerprint density at radius 1 is 0.638 bits per heavy atom. The molecular formula is C54H42N4. The van der Waals surface area contributed by atoms with Crippen molar-refractivity contribution in [2.75, 3.05) is 0 Å². The third-order valence-corrected chi connectivity index (χ3v) is 12.3. The molecule has 58 heavy (non-hydrogen) atoms. The smallest absolute Gasteiger partial charge is 0.159 e. The number of hydrogen-bond donors (Lipinski definition) is 1. The molecule has 4 nitrogen and oxygen atoms in total. The summed E-state index contributed by atoms with van der Waals surface area (Å²) < 4.78 is 0. The zero-order valence-corrected chi connectivity index (χ0v) is 32.8. The summed E-state index contributed by atoms with van der Waals surface area (Å²) >= 11 is 0. The maximum Gasteiger partial charge on any atom is 0.159 e. The minimum atomic E-state index is -0.287. The SMILES string of the molecule is CC1C=CC=C2C=CC(c3ccc(-c4ccc5c(c4)C(C)(C)c4cc(C#N)ccc4-5)cc3)=C(c3ccc(C4N=C(c5ccccc5)N=C(c5ccccc5)N4)cc3)C21. The molecule has 4 aliphatic rings. The summed E-state index contributed by atoms with van der Waals surface area (Å²) in [7, 11) is 0. The van der Waals surface area contributed by atoms with Crippen LogP contribution in [-0.2, 0) is 5.41 Å². The molecule has 0 saturated carbocycles. The van der Waals surface area contributed by atoms with Gasteiger partial charge in [-0.25, -0.2) is 9.98 Å². The second-order valence-corrected chi connectivity index (χ2v) is 16.2. The fourth-order valence-corrected chi connectivity index (χ4v) is 9.23. The van der Waals surface area contributed by atoms with Gasteiger partial charge < -0.3 is 5.32 Å². The molecule has 1 aliphatic heterocycles. The molecule has 0 spiro atoms. The summed E-state index contributed by atoms with van der Waals surface area (Å²) in [6.45, 7) is 6.86. The summed E-state index contributed by atoms with van der Waals surface area (Å²) in [5, 5.41) is 13.2. The molecule has 3 unspecified atom stereocenters. The van der Waals surface area contributed by atoms with Crippen LogP contribution in [0.3, 0.4) is 0 Å². The first-order valence-electron chi connectivity index (χ1n) is 20.1. The Hall–Kier alpha value is -7.09. The van der Waals surface area contributed by atoms with E-state index in [2.05, 4.69) is 166 Å². The van der Waals surface area contributed by atoms with E-state index in [0.717, 1.165) is 28.4 Å². The van der Waals surface area contributed by atoms with Crippen molar-refractivity contribution >= 4 is 22.8 Å². The maximum absolute atomic E-state index is 9.59. The molecule has 278 valence electrons. The molecular weight excluding hydrogens is 705 g/mol. The second kappa shape index (κ2) is 14.1. The molecule has 6 aromatic carbocycles. The van der Waals surface area contributed by atoms with Crippen LogP contribution in [0.5, 0.6) is 0 Å². The Labute approximate surface area is 340 Å². The molecule has 6 aromatic rings. The van der Waals surface area contributed by atoms with Crippen molar-refractivity contribution in [3.63, 3.8) is 0 Å². The number of rotatable bonds is 6. The quantitative estimate of drug-likeness (QED) is 0.184. The van der Waals surface area contributed by atoms with Crippen LogP contribution in [-0.4, -0.2) is 11.7 Å². The monoisotopic (exact) mass is 746 g/mol. The largest absolute Gasteiger partial charge is 0.344 e. The van der Waals surface area contributed by atoms with Crippen LogP contribution in [0.25, 0.3) is 33.4 Å². The summed E-state index contributed by atoms with van der Waals surface area (Å²) in [4.78, 5) is 10.1. The lowest BCUT2D eigenvalue weighted by Gasteiger charge is -2.33. The molecule has 3 aliphatic carbocycles. The van der Waals surface area contributed by atoms with Gasteiger partial charge >= 0.3 is 0 Å². The van der Waals surface area contributed by atoms with Crippen molar-refractivity contribution in [2.24, 2.45) is 21.8 Å². The van der Waals surface area contributed by atoms with Crippen LogP contribution < -0.4 is 5.32 Å². The van der Waals surface area contributed by atoms with Crippen molar-refractivity contribution in [1.82, 2.24) is 5.32 Å². The molecule has 0 fully saturated rings. The van der Waals surface area contributed by atoms with E-state index in [1.54, 1.807) is 0 Å². The summed E-state index contributed by atoms with van der Waals surface area (Å²) in [5.41, 5.74) is 17.4. The van der Waals surface area contributed by atoms with Gasteiger partial charge in [0.25, 0.3) is 0 Å². The zero-order chi connectivity index (χ0) is 39.4. The number of nitriles is 1. The number of amidine groups is 2. The molecule has 10 rings (SSSR count). The van der Waals surface area contributed by atoms with Gasteiger partial charge in [-0.15, -0.1) is 0 Å². The zero-order valence-electron chi connectivity index (χ0n) is 32.8. The first-order chi connectivity index (χ1) is 28.4. The van der Waals surface area contributed by atoms with E-state index in [0.29, 0.717) is 11.5 Å². The normalized spacial score (nSPS) is 19.8. The van der Waals surface area contributed by atoms with Crippen molar-refractivity contribution in [3.05, 3.63) is 226 Å². The minimum Gasteiger partial charge on any atom is -0.344 e. The summed E-state index contributed by atoms with van der Waals surface area (Å²) in [6.07, 6.45) is 11.1. The van der Waals surface area contributed by atoms with Gasteiger partial charge in [-0.1, -0.05) is 179 Å². The maximum atomic E-state index is 9.59. The highest BCUT2D eigenvalue weighted by Crippen LogP contribution is 2.50. The molecule has 0 saturated heterocycles. The summed E-state index contributed by atoms with van der Waals surface area (Å²) in [5.74, 6) is 2.12. The minimum absolute atomic E-state index is 0.187. The first kappa shape index (κ1) is 35.3. The third-order valence-electron chi connectivity index (χ3n) is 12.3. The standard InChI is InChI=1S/C54H42N4/c1-34-11-10-16-38-26-29-44(37-20-18-36(19-21-37)43-27-30-46-45-28-17-35(33-55)31-47(45)54(2,3)48(46)32-43)50(49(34)38)39-22-24-42(25-23-39)53-57-51(40-12-6-4-7-13-40)56-52(58-53)41-14-8-5-9-15-41/h4-32,34,49,53H,1-3H3,(H,56,57,58). The lowest BCUT2D eigenvalue weighted by molar-refractivity contribution is 0.599. The van der Waals surface area contributed by atoms with Crippen LogP contribution in [0.15, 0.2) is 192 Å². The van der Waals surface area contributed by atoms with Gasteiger partial charge in [0.2, 0.25) is 0 Å². The lowest BCUT2D eigenvalue weighted by atomic mass is 9.70. The van der Waals surface area contributed by atoms with Gasteiger partial charge in [0, 0.05) is 22.5 Å². The third kappa shape index (κ3) is 6.08. The number of hydrogen-bond acceptors (Lipinski definition) is 4. The van der Waals surface area contributed by atoms with E-state index in [-0.39, 0.29) is 17.5 Å². The first-order valence-corrected chi connectivity index (χ1v) is 20.1. The second-order valence-electron chi connectivity index (χ2n) is 16.2. The van der Waals surface area contributed by atoms with Crippen LogP contribution in [0, 0.1) is 23.2 Å². The fraction of sp³-hybridized carbons (Fsp3) is 0.130. The van der Waals surface area contributed by atoms with Gasteiger partial charge in [0.1, 0.15) is 12.0 Å². The predicted molar refractivity (Wildman–Crippen MR) is 238 cm³/mol. The van der Waals surface area contributed by atoms with Crippen LogP contribution in [0.4, 0.5) is 0 Å². The Balaban J connectivity index is 0.998. The topological polar surface area (TPSA) is 60.5 Å². The van der Waals surface area contributed by atoms with Gasteiger partial charge in [-0.05, 0) is 90.9 Å². The van der Waals surface area contributed by atoms with E-state index in [1.165, 1.54) is 61.2 Å². The highest BCUT2D eigenvalue weighted by molar-refractivity contribution is 6.13. The van der Waals surface area contributed by atoms with Crippen molar-refractivity contribution < 1.29 is 0 Å². The Morgan fingerprint density at radius 3 is 2.00 bits per heavy atom. The summed E-state index contributed by atoms with van der Waals surface area (Å²) in [6, 6.07) is 53.8. The molecule has 0 amide bonds. The average molecular weight is 747 g/mol. The molecule has 3 atom stereocenters. The highest BCUT2D eigenvalue weighted by atomic mass is 15.2. The number of nitrogens with zero attached hydrogens (tertiary/aromatic N) is 3. The molecule has 0 bridgehead atoms. The lowest BCUT2D eigenvalue weighted by Crippen LogP contribution is -2.33. The number of benzene rings is 6. The van der Waals surface area contributed by atoms with Gasteiger partial charge in [-0.2, -0.15) is 5.26 Å². The van der Waals surface area contributed by atoms with Crippen LogP contribution in [0.2, 0.25) is 0 Å². The number of allylic oxidation sites excluding steroid dienone is 8. The van der Waals surface area contributed by atoms with Gasteiger partial charge in [0.05, 0.1) is 11.6 Å². The Bertz CT molecular complexity index is 2830. The molecule has 0 radical (unpaired) electrons. The van der Waals surface area contributed by atoms with Crippen molar-refractivity contribution in [1.29, 1.82) is 5.26 Å². The van der Waals surface area contributed by atoms with Crippen LogP contribution in [0.1, 0.15) is 71.4 Å². The van der Waals surface area contributed by atoms with E-state index in [4.69, 9.17) is 9.98 Å². The van der Waals surface area contributed by atoms with E-state index in [9.17, 15) is 5.26 Å². The van der Waals surface area contributed by atoms with Crippen LogP contribution >= 0.6 is 0 Å². The predicted octanol–water partition coefficient (Wildman–Crippen LogP) is 12.3. The average Bonchev–Trinajstić information content (AvgIpc) is 3.51. The number of aliphatic imine (C=N–C) groups is 2. The van der Waals surface area contributed by atoms with Gasteiger partial charge in [-0.3, -0.25) is 0 Å². The Kier molecular flexibility index (Phi) is 8.61. The Morgan fingerprint density at radius 2 is 1.28 bits per heavy atom. The molecule has 1 N–H and O–H groups in total. The number of fused-ring (bicyclic) bond motifs is 4. The number of nitrogens with one attached hydrogen (secondary N) is 1. The van der Waals surface area contributed by atoms with Crippen molar-refractivity contribution in [3.8, 4) is 28.3 Å². The van der Waals surface area contributed by atoms with E-state index < -0.39 is 0 Å². The van der Waals surface area contributed by atoms with Crippen molar-refractivity contribution in [2.45, 2.75) is 32.4 Å².